The lowest BCUT2D eigenvalue weighted by Gasteiger charge is -2.22. The van der Waals surface area contributed by atoms with E-state index in [1.165, 1.54) is 289 Å². The van der Waals surface area contributed by atoms with E-state index in [0.717, 1.165) is 44.9 Å². The molecule has 0 rings (SSSR count). The first-order valence-electron chi connectivity index (χ1n) is 32.4. The SMILES string of the molecule is CCCC/C=C\CCCCCCCC(=O)OCCCCCCCCCCCCCCCCCCCCCCCCC(=O)NC(CO)C(O)CCCCCCCCCCCCCCCCCCCCCCC. The van der Waals surface area contributed by atoms with Crippen LogP contribution in [0.2, 0.25) is 0 Å². The van der Waals surface area contributed by atoms with Crippen molar-refractivity contribution >= 4 is 11.9 Å². The number of allylic oxidation sites excluding steroid dienone is 2. The van der Waals surface area contributed by atoms with Crippen LogP contribution < -0.4 is 5.32 Å². The fraction of sp³-hybridized carbons (Fsp3) is 0.938. The van der Waals surface area contributed by atoms with E-state index in [1.807, 2.05) is 0 Å². The molecule has 0 aliphatic rings. The van der Waals surface area contributed by atoms with E-state index < -0.39 is 12.1 Å². The maximum Gasteiger partial charge on any atom is 0.305 e. The van der Waals surface area contributed by atoms with Crippen LogP contribution in [0.3, 0.4) is 0 Å². The first-order valence-corrected chi connectivity index (χ1v) is 32.4. The third kappa shape index (κ3) is 57.7. The third-order valence-corrected chi connectivity index (χ3v) is 15.3. The lowest BCUT2D eigenvalue weighted by molar-refractivity contribution is -0.143. The summed E-state index contributed by atoms with van der Waals surface area (Å²) in [5, 5.41) is 23.4. The lowest BCUT2D eigenvalue weighted by atomic mass is 10.0. The van der Waals surface area contributed by atoms with Gasteiger partial charge in [-0.25, -0.2) is 0 Å². The number of hydrogen-bond donors (Lipinski definition) is 3. The van der Waals surface area contributed by atoms with Gasteiger partial charge in [0.15, 0.2) is 0 Å². The highest BCUT2D eigenvalue weighted by atomic mass is 16.5. The van der Waals surface area contributed by atoms with E-state index in [0.29, 0.717) is 25.9 Å². The topological polar surface area (TPSA) is 95.9 Å². The minimum Gasteiger partial charge on any atom is -0.466 e. The zero-order valence-electron chi connectivity index (χ0n) is 48.2. The number of hydrogen-bond acceptors (Lipinski definition) is 5. The number of nitrogens with one attached hydrogen (secondary N) is 1. The Balaban J connectivity index is 3.38. The Bertz CT molecular complexity index is 1060. The van der Waals surface area contributed by atoms with Gasteiger partial charge >= 0.3 is 5.97 Å². The Hall–Kier alpha value is -1.40. The molecule has 0 bridgehead atoms. The van der Waals surface area contributed by atoms with E-state index >= 15 is 0 Å². The Morgan fingerprint density at radius 3 is 1.04 bits per heavy atom. The summed E-state index contributed by atoms with van der Waals surface area (Å²) in [6, 6.07) is -0.542. The summed E-state index contributed by atoms with van der Waals surface area (Å²) in [6.45, 7) is 4.95. The number of esters is 1. The second-order valence-corrected chi connectivity index (χ2v) is 22.5. The predicted octanol–water partition coefficient (Wildman–Crippen LogP) is 20.4. The van der Waals surface area contributed by atoms with E-state index in [9.17, 15) is 19.8 Å². The van der Waals surface area contributed by atoms with Gasteiger partial charge in [0.25, 0.3) is 0 Å². The normalized spacial score (nSPS) is 12.6. The summed E-state index contributed by atoms with van der Waals surface area (Å²) in [6.07, 6.45) is 73.7. The van der Waals surface area contributed by atoms with Gasteiger partial charge in [0.1, 0.15) is 0 Å². The summed E-state index contributed by atoms with van der Waals surface area (Å²) >= 11 is 0. The summed E-state index contributed by atoms with van der Waals surface area (Å²) < 4.78 is 5.46. The van der Waals surface area contributed by atoms with Crippen molar-refractivity contribution in [3.8, 4) is 0 Å². The molecule has 0 aromatic rings. The van der Waals surface area contributed by atoms with Crippen LogP contribution in [0.1, 0.15) is 367 Å². The van der Waals surface area contributed by atoms with Crippen molar-refractivity contribution in [1.29, 1.82) is 0 Å². The molecule has 6 heteroatoms. The molecule has 6 nitrogen and oxygen atoms in total. The molecule has 2 atom stereocenters. The van der Waals surface area contributed by atoms with Gasteiger partial charge in [-0.2, -0.15) is 0 Å². The molecule has 0 aliphatic carbocycles. The third-order valence-electron chi connectivity index (χ3n) is 15.3. The van der Waals surface area contributed by atoms with Crippen LogP contribution in [-0.4, -0.2) is 47.4 Å². The van der Waals surface area contributed by atoms with E-state index in [1.54, 1.807) is 0 Å². The zero-order chi connectivity index (χ0) is 51.4. The largest absolute Gasteiger partial charge is 0.466 e. The molecule has 0 aromatic carbocycles. The lowest BCUT2D eigenvalue weighted by Crippen LogP contribution is -2.45. The highest BCUT2D eigenvalue weighted by molar-refractivity contribution is 5.76. The molecule has 0 saturated carbocycles. The molecule has 0 heterocycles. The number of amides is 1. The molecule has 0 radical (unpaired) electrons. The molecule has 0 saturated heterocycles. The average molecular weight is 1000 g/mol. The van der Waals surface area contributed by atoms with Crippen molar-refractivity contribution in [3.63, 3.8) is 0 Å². The molecule has 1 amide bonds. The fourth-order valence-electron chi connectivity index (χ4n) is 10.3. The van der Waals surface area contributed by atoms with Gasteiger partial charge in [-0.3, -0.25) is 9.59 Å². The van der Waals surface area contributed by atoms with Crippen LogP contribution in [-0.2, 0) is 14.3 Å². The van der Waals surface area contributed by atoms with Crippen molar-refractivity contribution in [3.05, 3.63) is 12.2 Å². The molecule has 0 aromatic heterocycles. The number of unbranched alkanes of at least 4 members (excludes halogenated alkanes) is 48. The number of rotatable bonds is 61. The van der Waals surface area contributed by atoms with Gasteiger partial charge in [-0.15, -0.1) is 0 Å². The van der Waals surface area contributed by atoms with Crippen molar-refractivity contribution in [1.82, 2.24) is 5.32 Å². The van der Waals surface area contributed by atoms with Gasteiger partial charge in [0.2, 0.25) is 5.91 Å². The van der Waals surface area contributed by atoms with Gasteiger partial charge in [-0.1, -0.05) is 321 Å². The number of aliphatic hydroxyl groups excluding tert-OH is 2. The Morgan fingerprint density at radius 2 is 0.676 bits per heavy atom. The first kappa shape index (κ1) is 69.6. The van der Waals surface area contributed by atoms with Crippen LogP contribution in [0.25, 0.3) is 0 Å². The van der Waals surface area contributed by atoms with Gasteiger partial charge in [0.05, 0.1) is 25.4 Å². The molecule has 0 spiro atoms. The Morgan fingerprint density at radius 1 is 0.380 bits per heavy atom. The van der Waals surface area contributed by atoms with E-state index in [4.69, 9.17) is 4.74 Å². The van der Waals surface area contributed by atoms with Gasteiger partial charge in [0, 0.05) is 12.8 Å². The van der Waals surface area contributed by atoms with Gasteiger partial charge in [-0.05, 0) is 44.9 Å². The van der Waals surface area contributed by atoms with Crippen LogP contribution in [0.4, 0.5) is 0 Å². The maximum atomic E-state index is 12.5. The smallest absolute Gasteiger partial charge is 0.305 e. The van der Waals surface area contributed by atoms with Crippen molar-refractivity contribution in [2.24, 2.45) is 0 Å². The molecule has 3 N–H and O–H groups in total. The minimum absolute atomic E-state index is 0.00305. The minimum atomic E-state index is -0.665. The van der Waals surface area contributed by atoms with Crippen LogP contribution in [0.15, 0.2) is 12.2 Å². The molecule has 2 unspecified atom stereocenters. The maximum absolute atomic E-state index is 12.5. The summed E-state index contributed by atoms with van der Waals surface area (Å²) in [4.78, 5) is 24.5. The van der Waals surface area contributed by atoms with Crippen molar-refractivity contribution in [2.45, 2.75) is 379 Å². The standard InChI is InChI=1S/C65H127NO5/c1-3-5-7-9-11-13-15-16-17-18-19-22-25-28-31-34-38-41-45-49-53-57-63(68)62(61-67)66-64(69)58-54-50-46-42-39-35-32-29-26-23-20-21-24-27-30-33-36-40-44-48-52-56-60-71-65(70)59-55-51-47-43-37-14-12-10-8-6-4-2/h10,12,62-63,67-68H,3-9,11,13-61H2,1-2H3,(H,66,69)/b12-10-. The number of aliphatic hydroxyl groups is 2. The van der Waals surface area contributed by atoms with E-state index in [2.05, 4.69) is 31.3 Å². The molecular formula is C65H127NO5. The van der Waals surface area contributed by atoms with Crippen LogP contribution in [0, 0.1) is 0 Å². The molecular weight excluding hydrogens is 875 g/mol. The summed E-state index contributed by atoms with van der Waals surface area (Å²) in [5.74, 6) is -0.0279. The summed E-state index contributed by atoms with van der Waals surface area (Å²) in [5.41, 5.74) is 0. The molecule has 0 fully saturated rings. The quantitative estimate of drug-likeness (QED) is 0.0320. The van der Waals surface area contributed by atoms with Crippen LogP contribution >= 0.6 is 0 Å². The second-order valence-electron chi connectivity index (χ2n) is 22.5. The molecule has 0 aliphatic heterocycles. The monoisotopic (exact) mass is 1000 g/mol. The molecule has 422 valence electrons. The van der Waals surface area contributed by atoms with Crippen molar-refractivity contribution < 1.29 is 24.5 Å². The molecule has 71 heavy (non-hydrogen) atoms. The highest BCUT2D eigenvalue weighted by Gasteiger charge is 2.20. The number of carbonyl (C=O) groups excluding carboxylic acids is 2. The second kappa shape index (κ2) is 61.1. The Kier molecular flexibility index (Phi) is 59.9. The van der Waals surface area contributed by atoms with Crippen LogP contribution in [0.5, 0.6) is 0 Å². The van der Waals surface area contributed by atoms with E-state index in [-0.39, 0.29) is 18.5 Å². The average Bonchev–Trinajstić information content (AvgIpc) is 3.37. The van der Waals surface area contributed by atoms with Crippen molar-refractivity contribution in [2.75, 3.05) is 13.2 Å². The highest BCUT2D eigenvalue weighted by Crippen LogP contribution is 2.19. The Labute approximate surface area is 444 Å². The number of carbonyl (C=O) groups is 2. The summed E-state index contributed by atoms with van der Waals surface area (Å²) in [7, 11) is 0. The van der Waals surface area contributed by atoms with Gasteiger partial charge < -0.3 is 20.3 Å². The first-order chi connectivity index (χ1) is 35.0. The number of ether oxygens (including phenoxy) is 1. The predicted molar refractivity (Wildman–Crippen MR) is 310 cm³/mol. The fourth-order valence-corrected chi connectivity index (χ4v) is 10.3. The zero-order valence-corrected chi connectivity index (χ0v) is 48.2.